The first-order valence-electron chi connectivity index (χ1n) is 6.16. The van der Waals surface area contributed by atoms with Gasteiger partial charge in [0.2, 0.25) is 0 Å². The van der Waals surface area contributed by atoms with Crippen molar-refractivity contribution < 1.29 is 21.6 Å². The van der Waals surface area contributed by atoms with Crippen LogP contribution < -0.4 is 4.72 Å². The van der Waals surface area contributed by atoms with Gasteiger partial charge in [-0.3, -0.25) is 4.72 Å². The molecule has 0 aliphatic rings. The lowest BCUT2D eigenvalue weighted by Gasteiger charge is -2.13. The van der Waals surface area contributed by atoms with Crippen molar-refractivity contribution in [2.75, 3.05) is 4.72 Å². The largest absolute Gasteiger partial charge is 0.416 e. The van der Waals surface area contributed by atoms with E-state index in [4.69, 9.17) is 11.6 Å². The summed E-state index contributed by atoms with van der Waals surface area (Å²) in [6.07, 6.45) is -4.65. The first-order chi connectivity index (χ1) is 10.5. The zero-order valence-electron chi connectivity index (χ0n) is 11.6. The lowest BCUT2D eigenvalue weighted by Crippen LogP contribution is -2.15. The van der Waals surface area contributed by atoms with E-state index in [1.54, 1.807) is 13.0 Å². The van der Waals surface area contributed by atoms with Crippen molar-refractivity contribution in [1.29, 1.82) is 0 Å². The van der Waals surface area contributed by atoms with E-state index in [0.29, 0.717) is 16.7 Å². The standard InChI is InChI=1S/C14H10BrClF3NO2S/c1-8-4-11(16)2-3-13(8)20-23(21,22)12-6-9(14(17,18)19)5-10(15)7-12/h2-7,20H,1H3. The maximum absolute atomic E-state index is 12.8. The van der Waals surface area contributed by atoms with Gasteiger partial charge in [-0.1, -0.05) is 27.5 Å². The monoisotopic (exact) mass is 427 g/mol. The molecular formula is C14H10BrClF3NO2S. The highest BCUT2D eigenvalue weighted by molar-refractivity contribution is 9.10. The Morgan fingerprint density at radius 3 is 2.35 bits per heavy atom. The van der Waals surface area contributed by atoms with Crippen LogP contribution in [-0.2, 0) is 16.2 Å². The van der Waals surface area contributed by atoms with E-state index in [9.17, 15) is 21.6 Å². The van der Waals surface area contributed by atoms with Crippen molar-refractivity contribution in [1.82, 2.24) is 0 Å². The highest BCUT2D eigenvalue weighted by Gasteiger charge is 2.32. The van der Waals surface area contributed by atoms with Crippen molar-refractivity contribution in [2.24, 2.45) is 0 Å². The normalized spacial score (nSPS) is 12.3. The second-order valence-electron chi connectivity index (χ2n) is 4.74. The van der Waals surface area contributed by atoms with Gasteiger partial charge in [-0.25, -0.2) is 8.42 Å². The number of halogens is 5. The Labute approximate surface area is 144 Å². The van der Waals surface area contributed by atoms with E-state index >= 15 is 0 Å². The number of rotatable bonds is 3. The van der Waals surface area contributed by atoms with Gasteiger partial charge in [0.25, 0.3) is 10.0 Å². The number of anilines is 1. The molecule has 0 spiro atoms. The minimum absolute atomic E-state index is 0.0144. The molecule has 0 unspecified atom stereocenters. The van der Waals surface area contributed by atoms with Gasteiger partial charge in [-0.05, 0) is 48.9 Å². The number of nitrogens with one attached hydrogen (secondary N) is 1. The summed E-state index contributed by atoms with van der Waals surface area (Å²) in [7, 11) is -4.18. The number of aryl methyl sites for hydroxylation is 1. The van der Waals surface area contributed by atoms with Crippen LogP contribution in [0.25, 0.3) is 0 Å². The van der Waals surface area contributed by atoms with Crippen LogP contribution in [-0.4, -0.2) is 8.42 Å². The van der Waals surface area contributed by atoms with Gasteiger partial charge in [0.05, 0.1) is 16.1 Å². The van der Waals surface area contributed by atoms with Crippen LogP contribution in [0.1, 0.15) is 11.1 Å². The molecule has 9 heteroatoms. The number of hydrogen-bond donors (Lipinski definition) is 1. The zero-order valence-corrected chi connectivity index (χ0v) is 14.7. The number of hydrogen-bond acceptors (Lipinski definition) is 2. The molecule has 2 aromatic rings. The molecule has 3 nitrogen and oxygen atoms in total. The Morgan fingerprint density at radius 2 is 1.78 bits per heavy atom. The fourth-order valence-electron chi connectivity index (χ4n) is 1.83. The average molecular weight is 429 g/mol. The van der Waals surface area contributed by atoms with Crippen LogP contribution in [0.4, 0.5) is 18.9 Å². The molecule has 2 rings (SSSR count). The predicted molar refractivity (Wildman–Crippen MR) is 86.1 cm³/mol. The molecule has 0 fully saturated rings. The van der Waals surface area contributed by atoms with Crippen LogP contribution >= 0.6 is 27.5 Å². The SMILES string of the molecule is Cc1cc(Cl)ccc1NS(=O)(=O)c1cc(Br)cc(C(F)(F)F)c1. The second kappa shape index (κ2) is 6.33. The topological polar surface area (TPSA) is 46.2 Å². The Balaban J connectivity index is 2.46. The molecule has 124 valence electrons. The Bertz CT molecular complexity index is 854. The summed E-state index contributed by atoms with van der Waals surface area (Å²) in [6.45, 7) is 1.63. The molecule has 0 aliphatic carbocycles. The van der Waals surface area contributed by atoms with Gasteiger partial charge in [0.1, 0.15) is 0 Å². The number of alkyl halides is 3. The van der Waals surface area contributed by atoms with E-state index in [0.717, 1.165) is 12.1 Å². The van der Waals surface area contributed by atoms with Crippen molar-refractivity contribution in [3.8, 4) is 0 Å². The molecular weight excluding hydrogens is 419 g/mol. The molecule has 0 heterocycles. The van der Waals surface area contributed by atoms with E-state index in [1.165, 1.54) is 12.1 Å². The molecule has 0 radical (unpaired) electrons. The van der Waals surface area contributed by atoms with Crippen LogP contribution in [0.2, 0.25) is 5.02 Å². The van der Waals surface area contributed by atoms with Crippen molar-refractivity contribution >= 4 is 43.2 Å². The van der Waals surface area contributed by atoms with Crippen LogP contribution in [0.5, 0.6) is 0 Å². The Morgan fingerprint density at radius 1 is 1.13 bits per heavy atom. The third-order valence-electron chi connectivity index (χ3n) is 2.94. The van der Waals surface area contributed by atoms with Crippen molar-refractivity contribution in [2.45, 2.75) is 18.0 Å². The summed E-state index contributed by atoms with van der Waals surface area (Å²) in [5.41, 5.74) is -0.268. The molecule has 0 aliphatic heterocycles. The Hall–Kier alpha value is -1.25. The molecule has 0 amide bonds. The molecule has 23 heavy (non-hydrogen) atoms. The summed E-state index contributed by atoms with van der Waals surface area (Å²) in [5, 5.41) is 0.423. The van der Waals surface area contributed by atoms with Crippen molar-refractivity contribution in [3.05, 3.63) is 57.0 Å². The van der Waals surface area contributed by atoms with Gasteiger partial charge < -0.3 is 0 Å². The van der Waals surface area contributed by atoms with Gasteiger partial charge >= 0.3 is 6.18 Å². The molecule has 0 saturated carbocycles. The zero-order chi connectivity index (χ0) is 17.4. The fraction of sp³-hybridized carbons (Fsp3) is 0.143. The summed E-state index contributed by atoms with van der Waals surface area (Å²) in [5.74, 6) is 0. The third-order valence-corrected chi connectivity index (χ3v) is 4.98. The molecule has 0 saturated heterocycles. The summed E-state index contributed by atoms with van der Waals surface area (Å²) in [4.78, 5) is -0.492. The van der Waals surface area contributed by atoms with Gasteiger partial charge in [-0.2, -0.15) is 13.2 Å². The first kappa shape index (κ1) is 18.1. The van der Waals surface area contributed by atoms with Gasteiger partial charge in [-0.15, -0.1) is 0 Å². The van der Waals surface area contributed by atoms with E-state index in [1.807, 2.05) is 0 Å². The lowest BCUT2D eigenvalue weighted by molar-refractivity contribution is -0.137. The van der Waals surface area contributed by atoms with Crippen LogP contribution in [0, 0.1) is 6.92 Å². The lowest BCUT2D eigenvalue weighted by atomic mass is 10.2. The average Bonchev–Trinajstić information content (AvgIpc) is 2.40. The quantitative estimate of drug-likeness (QED) is 0.727. The highest BCUT2D eigenvalue weighted by Crippen LogP contribution is 2.33. The first-order valence-corrected chi connectivity index (χ1v) is 8.81. The maximum atomic E-state index is 12.8. The second-order valence-corrected chi connectivity index (χ2v) is 7.77. The molecule has 0 bridgehead atoms. The molecule has 0 atom stereocenters. The number of sulfonamides is 1. The van der Waals surface area contributed by atoms with Crippen molar-refractivity contribution in [3.63, 3.8) is 0 Å². The van der Waals surface area contributed by atoms with Crippen LogP contribution in [0.15, 0.2) is 45.8 Å². The van der Waals surface area contributed by atoms with Gasteiger partial charge in [0.15, 0.2) is 0 Å². The Kier molecular flexibility index (Phi) is 4.98. The molecule has 1 N–H and O–H groups in total. The van der Waals surface area contributed by atoms with E-state index < -0.39 is 26.7 Å². The minimum Gasteiger partial charge on any atom is -0.279 e. The van der Waals surface area contributed by atoms with E-state index in [-0.39, 0.29) is 10.2 Å². The minimum atomic E-state index is -4.65. The maximum Gasteiger partial charge on any atom is 0.416 e. The predicted octanol–water partition coefficient (Wildman–Crippen LogP) is 5.23. The fourth-order valence-corrected chi connectivity index (χ4v) is 3.90. The molecule has 0 aromatic heterocycles. The van der Waals surface area contributed by atoms with E-state index in [2.05, 4.69) is 20.7 Å². The van der Waals surface area contributed by atoms with Gasteiger partial charge in [0, 0.05) is 9.50 Å². The third kappa shape index (κ3) is 4.39. The summed E-state index contributed by atoms with van der Waals surface area (Å²) in [6, 6.07) is 6.96. The van der Waals surface area contributed by atoms with Crippen LogP contribution in [0.3, 0.4) is 0 Å². The summed E-state index contributed by atoms with van der Waals surface area (Å²) < 4.78 is 65.4. The smallest absolute Gasteiger partial charge is 0.279 e. The summed E-state index contributed by atoms with van der Waals surface area (Å²) >= 11 is 8.69. The molecule has 2 aromatic carbocycles. The highest BCUT2D eigenvalue weighted by atomic mass is 79.9. The number of benzene rings is 2.